The normalized spacial score (nSPS) is 12.9. The van der Waals surface area contributed by atoms with Crippen LogP contribution in [-0.4, -0.2) is 28.2 Å². The third-order valence-corrected chi connectivity index (χ3v) is 6.64. The van der Waals surface area contributed by atoms with Gasteiger partial charge in [0.1, 0.15) is 11.6 Å². The summed E-state index contributed by atoms with van der Waals surface area (Å²) in [7, 11) is -3.97. The topological polar surface area (TPSA) is 102 Å². The maximum Gasteiger partial charge on any atom is 0.322 e. The number of H-pyrrole nitrogens is 1. The molecule has 0 aliphatic rings. The Balaban J connectivity index is 1.59. The molecule has 162 valence electrons. The Bertz CT molecular complexity index is 1350. The van der Waals surface area contributed by atoms with E-state index in [1.165, 1.54) is 12.1 Å². The van der Waals surface area contributed by atoms with Crippen molar-refractivity contribution in [2.75, 3.05) is 0 Å². The number of nitrogens with one attached hydrogen (secondary N) is 2. The van der Waals surface area contributed by atoms with Crippen LogP contribution in [0, 0.1) is 12.7 Å². The zero-order valence-electron chi connectivity index (χ0n) is 17.3. The van der Waals surface area contributed by atoms with Crippen molar-refractivity contribution in [3.8, 4) is 11.8 Å². The molecule has 31 heavy (non-hydrogen) atoms. The molecular weight excluding hydrogens is 421 g/mol. The summed E-state index contributed by atoms with van der Waals surface area (Å²) in [6, 6.07) is 10.7. The van der Waals surface area contributed by atoms with Crippen LogP contribution in [0.1, 0.15) is 31.3 Å². The van der Waals surface area contributed by atoms with Gasteiger partial charge in [0, 0.05) is 24.3 Å². The summed E-state index contributed by atoms with van der Waals surface area (Å²) in [5, 5.41) is 9.28. The van der Waals surface area contributed by atoms with Crippen LogP contribution in [0.4, 0.5) is 4.39 Å². The summed E-state index contributed by atoms with van der Waals surface area (Å²) in [5.41, 5.74) is 1.37. The molecular formula is C21H22FN5O3S. The van der Waals surface area contributed by atoms with Crippen LogP contribution < -0.4 is 9.46 Å². The lowest BCUT2D eigenvalue weighted by atomic mass is 10.2. The number of hydrogen-bond donors (Lipinski definition) is 2. The molecule has 0 radical (unpaired) electrons. The molecule has 0 aliphatic heterocycles. The van der Waals surface area contributed by atoms with E-state index in [0.29, 0.717) is 23.7 Å². The van der Waals surface area contributed by atoms with Crippen LogP contribution in [0.25, 0.3) is 10.9 Å². The number of hydrogen-bond acceptors (Lipinski definition) is 5. The predicted octanol–water partition coefficient (Wildman–Crippen LogP) is 4.06. The number of benzene rings is 2. The maximum atomic E-state index is 13.6. The van der Waals surface area contributed by atoms with E-state index < -0.39 is 21.9 Å². The van der Waals surface area contributed by atoms with Gasteiger partial charge in [-0.25, -0.2) is 17.5 Å². The van der Waals surface area contributed by atoms with Crippen molar-refractivity contribution in [2.45, 2.75) is 38.3 Å². The molecule has 2 N–H and O–H groups in total. The molecule has 0 bridgehead atoms. The van der Waals surface area contributed by atoms with Gasteiger partial charge in [0.25, 0.3) is 0 Å². The van der Waals surface area contributed by atoms with Gasteiger partial charge in [-0.3, -0.25) is 4.57 Å². The molecule has 1 atom stereocenters. The molecule has 0 unspecified atom stereocenters. The number of ether oxygens (including phenoxy) is 1. The number of nitrogens with zero attached hydrogens (tertiary/aromatic N) is 3. The van der Waals surface area contributed by atoms with Gasteiger partial charge in [0.2, 0.25) is 10.0 Å². The summed E-state index contributed by atoms with van der Waals surface area (Å²) in [5.74, 6) is 0.341. The summed E-state index contributed by atoms with van der Waals surface area (Å²) in [4.78, 5) is 3.01. The lowest BCUT2D eigenvalue weighted by molar-refractivity contribution is 0.408. The number of rotatable bonds is 7. The SMILES string of the molecule is CCn1c(Oc2ccc3cc[nH]c3c2)nnc1[C@@H](C)NS(=O)(=O)c1cc(F)ccc1C. The van der Waals surface area contributed by atoms with Gasteiger partial charge in [-0.15, -0.1) is 5.10 Å². The van der Waals surface area contributed by atoms with Gasteiger partial charge in [0.15, 0.2) is 5.82 Å². The third-order valence-electron chi connectivity index (χ3n) is 4.96. The van der Waals surface area contributed by atoms with E-state index in [9.17, 15) is 12.8 Å². The molecule has 2 aromatic heterocycles. The lowest BCUT2D eigenvalue weighted by Crippen LogP contribution is -2.29. The van der Waals surface area contributed by atoms with Crippen LogP contribution in [0.2, 0.25) is 0 Å². The number of sulfonamides is 1. The average molecular weight is 444 g/mol. The maximum absolute atomic E-state index is 13.6. The molecule has 4 rings (SSSR count). The molecule has 0 amide bonds. The molecule has 4 aromatic rings. The van der Waals surface area contributed by atoms with Gasteiger partial charge < -0.3 is 9.72 Å². The van der Waals surface area contributed by atoms with Crippen molar-refractivity contribution < 1.29 is 17.5 Å². The minimum Gasteiger partial charge on any atom is -0.424 e. The van der Waals surface area contributed by atoms with Gasteiger partial charge >= 0.3 is 6.01 Å². The summed E-state index contributed by atoms with van der Waals surface area (Å²) >= 11 is 0. The Morgan fingerprint density at radius 3 is 2.77 bits per heavy atom. The van der Waals surface area contributed by atoms with Gasteiger partial charge in [-0.05, 0) is 62.1 Å². The van der Waals surface area contributed by atoms with Crippen molar-refractivity contribution in [1.29, 1.82) is 0 Å². The Kier molecular flexibility index (Phi) is 5.50. The molecule has 0 saturated carbocycles. The van der Waals surface area contributed by atoms with Gasteiger partial charge in [-0.1, -0.05) is 11.2 Å². The van der Waals surface area contributed by atoms with E-state index in [2.05, 4.69) is 19.9 Å². The quantitative estimate of drug-likeness (QED) is 0.449. The van der Waals surface area contributed by atoms with E-state index in [4.69, 9.17) is 4.74 Å². The number of aromatic nitrogens is 4. The molecule has 0 fully saturated rings. The van der Waals surface area contributed by atoms with E-state index in [1.807, 2.05) is 37.4 Å². The summed E-state index contributed by atoms with van der Waals surface area (Å²) in [6.07, 6.45) is 1.84. The highest BCUT2D eigenvalue weighted by molar-refractivity contribution is 7.89. The van der Waals surface area contributed by atoms with Crippen LogP contribution in [-0.2, 0) is 16.6 Å². The average Bonchev–Trinajstić information content (AvgIpc) is 3.35. The molecule has 0 saturated heterocycles. The largest absolute Gasteiger partial charge is 0.424 e. The van der Waals surface area contributed by atoms with E-state index in [0.717, 1.165) is 17.0 Å². The number of aryl methyl sites for hydroxylation is 1. The minimum absolute atomic E-state index is 0.113. The Morgan fingerprint density at radius 2 is 2.00 bits per heavy atom. The number of fused-ring (bicyclic) bond motifs is 1. The highest BCUT2D eigenvalue weighted by Crippen LogP contribution is 2.27. The van der Waals surface area contributed by atoms with Crippen LogP contribution in [0.5, 0.6) is 11.8 Å². The second kappa shape index (κ2) is 8.12. The number of halogens is 1. The Morgan fingerprint density at radius 1 is 1.19 bits per heavy atom. The zero-order valence-corrected chi connectivity index (χ0v) is 18.1. The van der Waals surface area contributed by atoms with Crippen molar-refractivity contribution in [3.05, 3.63) is 65.9 Å². The van der Waals surface area contributed by atoms with Gasteiger partial charge in [0.05, 0.1) is 10.9 Å². The highest BCUT2D eigenvalue weighted by atomic mass is 32.2. The van der Waals surface area contributed by atoms with E-state index >= 15 is 0 Å². The molecule has 2 heterocycles. The first-order valence-electron chi connectivity index (χ1n) is 9.75. The molecule has 10 heteroatoms. The van der Waals surface area contributed by atoms with Crippen LogP contribution >= 0.6 is 0 Å². The fourth-order valence-corrected chi connectivity index (χ4v) is 4.86. The first-order chi connectivity index (χ1) is 14.8. The Hall–Kier alpha value is -3.24. The smallest absolute Gasteiger partial charge is 0.322 e. The fraction of sp³-hybridized carbons (Fsp3) is 0.238. The first kappa shape index (κ1) is 21.0. The minimum atomic E-state index is -3.97. The van der Waals surface area contributed by atoms with Crippen molar-refractivity contribution in [1.82, 2.24) is 24.5 Å². The van der Waals surface area contributed by atoms with Gasteiger partial charge in [-0.2, -0.15) is 0 Å². The fourth-order valence-electron chi connectivity index (χ4n) is 3.40. The van der Waals surface area contributed by atoms with Crippen molar-refractivity contribution in [3.63, 3.8) is 0 Å². The Labute approximate surface area is 179 Å². The first-order valence-corrected chi connectivity index (χ1v) is 11.2. The molecule has 0 spiro atoms. The number of aromatic amines is 1. The van der Waals surface area contributed by atoms with Crippen molar-refractivity contribution >= 4 is 20.9 Å². The second-order valence-corrected chi connectivity index (χ2v) is 8.85. The molecule has 2 aromatic carbocycles. The van der Waals surface area contributed by atoms with Crippen LogP contribution in [0.3, 0.4) is 0 Å². The van der Waals surface area contributed by atoms with Crippen LogP contribution in [0.15, 0.2) is 53.6 Å². The summed E-state index contributed by atoms with van der Waals surface area (Å²) in [6.45, 7) is 5.61. The monoisotopic (exact) mass is 443 g/mol. The standard InChI is InChI=1S/C21H22FN5O3S/c1-4-27-20(14(3)26-31(28,29)19-11-16(22)7-5-13(19)2)24-25-21(27)30-17-8-6-15-9-10-23-18(15)12-17/h5-12,14,23,26H,4H2,1-3H3/t14-/m1/s1. The van der Waals surface area contributed by atoms with Crippen molar-refractivity contribution in [2.24, 2.45) is 0 Å². The predicted molar refractivity (Wildman–Crippen MR) is 114 cm³/mol. The summed E-state index contributed by atoms with van der Waals surface area (Å²) < 4.78 is 49.4. The zero-order chi connectivity index (χ0) is 22.2. The van der Waals surface area contributed by atoms with E-state index in [-0.39, 0.29) is 10.9 Å². The molecule has 0 aliphatic carbocycles. The second-order valence-electron chi connectivity index (χ2n) is 7.17. The highest BCUT2D eigenvalue weighted by Gasteiger charge is 2.25. The molecule has 8 nitrogen and oxygen atoms in total. The lowest BCUT2D eigenvalue weighted by Gasteiger charge is -2.16. The third kappa shape index (κ3) is 4.17. The van der Waals surface area contributed by atoms with E-state index in [1.54, 1.807) is 18.4 Å².